The van der Waals surface area contributed by atoms with Crippen LogP contribution < -0.4 is 5.69 Å². The van der Waals surface area contributed by atoms with Gasteiger partial charge in [-0.3, -0.25) is 0 Å². The van der Waals surface area contributed by atoms with E-state index in [1.165, 1.54) is 0 Å². The number of hydrogen-bond donors (Lipinski definition) is 2. The van der Waals surface area contributed by atoms with Crippen LogP contribution in [0.4, 0.5) is 8.78 Å². The topological polar surface area (TPSA) is 48.6 Å². The second-order valence-electron chi connectivity index (χ2n) is 2.49. The van der Waals surface area contributed by atoms with E-state index in [9.17, 15) is 13.6 Å². The molecular formula is C7H3BrF2N2O. The van der Waals surface area contributed by atoms with E-state index in [0.29, 0.717) is 0 Å². The number of nitrogens with one attached hydrogen (secondary N) is 2. The molecule has 6 heteroatoms. The molecule has 3 nitrogen and oxygen atoms in total. The van der Waals surface area contributed by atoms with E-state index >= 15 is 0 Å². The summed E-state index contributed by atoms with van der Waals surface area (Å²) in [6.45, 7) is 0. The van der Waals surface area contributed by atoms with Gasteiger partial charge in [0.1, 0.15) is 0 Å². The zero-order valence-corrected chi connectivity index (χ0v) is 7.71. The van der Waals surface area contributed by atoms with Crippen molar-refractivity contribution >= 4 is 27.0 Å². The third kappa shape index (κ3) is 1.17. The number of rotatable bonds is 0. The number of fused-ring (bicyclic) bond motifs is 1. The monoisotopic (exact) mass is 248 g/mol. The summed E-state index contributed by atoms with van der Waals surface area (Å²) in [5.74, 6) is -2.02. The van der Waals surface area contributed by atoms with Gasteiger partial charge in [0, 0.05) is 6.07 Å². The number of aromatic amines is 2. The van der Waals surface area contributed by atoms with Crippen LogP contribution in [-0.2, 0) is 0 Å². The molecular weight excluding hydrogens is 246 g/mol. The van der Waals surface area contributed by atoms with Gasteiger partial charge < -0.3 is 9.97 Å². The van der Waals surface area contributed by atoms with Crippen molar-refractivity contribution in [3.63, 3.8) is 0 Å². The Morgan fingerprint density at radius 3 is 2.69 bits per heavy atom. The van der Waals surface area contributed by atoms with Crippen molar-refractivity contribution in [1.82, 2.24) is 9.97 Å². The molecule has 2 N–H and O–H groups in total. The molecule has 1 aromatic heterocycles. The highest BCUT2D eigenvalue weighted by atomic mass is 79.9. The van der Waals surface area contributed by atoms with Gasteiger partial charge in [-0.15, -0.1) is 0 Å². The zero-order valence-electron chi connectivity index (χ0n) is 6.12. The highest BCUT2D eigenvalue weighted by molar-refractivity contribution is 9.10. The van der Waals surface area contributed by atoms with E-state index < -0.39 is 17.3 Å². The van der Waals surface area contributed by atoms with Gasteiger partial charge in [0.2, 0.25) is 0 Å². The summed E-state index contributed by atoms with van der Waals surface area (Å²) in [7, 11) is 0. The van der Waals surface area contributed by atoms with E-state index in [0.717, 1.165) is 6.07 Å². The minimum atomic E-state index is -1.01. The highest BCUT2D eigenvalue weighted by Gasteiger charge is 2.12. The molecule has 0 atom stereocenters. The molecule has 0 saturated heterocycles. The Bertz CT molecular complexity index is 531. The minimum Gasteiger partial charge on any atom is -0.306 e. The molecule has 1 aromatic carbocycles. The summed E-state index contributed by atoms with van der Waals surface area (Å²) in [6, 6.07) is 0.924. The zero-order chi connectivity index (χ0) is 9.59. The molecule has 0 spiro atoms. The van der Waals surface area contributed by atoms with Gasteiger partial charge in [-0.05, 0) is 15.9 Å². The summed E-state index contributed by atoms with van der Waals surface area (Å²) in [6.07, 6.45) is 0. The van der Waals surface area contributed by atoms with Gasteiger partial charge in [-0.2, -0.15) is 0 Å². The largest absolute Gasteiger partial charge is 0.323 e. The van der Waals surface area contributed by atoms with Crippen LogP contribution in [0.25, 0.3) is 11.0 Å². The second kappa shape index (κ2) is 2.66. The normalized spacial score (nSPS) is 11.0. The molecule has 0 aliphatic rings. The van der Waals surface area contributed by atoms with E-state index in [1.807, 2.05) is 0 Å². The average molecular weight is 249 g/mol. The average Bonchev–Trinajstić information content (AvgIpc) is 2.42. The van der Waals surface area contributed by atoms with Crippen molar-refractivity contribution in [2.75, 3.05) is 0 Å². The minimum absolute atomic E-state index is 0.0825. The van der Waals surface area contributed by atoms with Crippen molar-refractivity contribution in [2.45, 2.75) is 0 Å². The van der Waals surface area contributed by atoms with E-state index in [4.69, 9.17) is 0 Å². The lowest BCUT2D eigenvalue weighted by atomic mass is 10.3. The summed E-state index contributed by atoms with van der Waals surface area (Å²) >= 11 is 2.84. The van der Waals surface area contributed by atoms with Crippen molar-refractivity contribution in [3.8, 4) is 0 Å². The molecule has 0 amide bonds. The van der Waals surface area contributed by atoms with Crippen LogP contribution >= 0.6 is 15.9 Å². The Hall–Kier alpha value is -1.17. The van der Waals surface area contributed by atoms with Gasteiger partial charge in [-0.25, -0.2) is 13.6 Å². The van der Waals surface area contributed by atoms with E-state index in [-0.39, 0.29) is 15.5 Å². The molecule has 0 saturated carbocycles. The molecule has 0 unspecified atom stereocenters. The third-order valence-corrected chi connectivity index (χ3v) is 2.39. The molecule has 2 rings (SSSR count). The fourth-order valence-corrected chi connectivity index (χ4v) is 1.59. The fourth-order valence-electron chi connectivity index (χ4n) is 1.08. The first-order chi connectivity index (χ1) is 6.09. The smallest absolute Gasteiger partial charge is 0.306 e. The van der Waals surface area contributed by atoms with E-state index in [2.05, 4.69) is 25.9 Å². The number of imidazole rings is 1. The maximum Gasteiger partial charge on any atom is 0.323 e. The number of H-pyrrole nitrogens is 2. The number of aromatic nitrogens is 2. The first-order valence-corrected chi connectivity index (χ1v) is 4.14. The van der Waals surface area contributed by atoms with Crippen molar-refractivity contribution in [1.29, 1.82) is 0 Å². The van der Waals surface area contributed by atoms with Crippen molar-refractivity contribution in [3.05, 3.63) is 32.7 Å². The Labute approximate surface area is 78.9 Å². The first kappa shape index (κ1) is 8.43. The Morgan fingerprint density at radius 1 is 1.31 bits per heavy atom. The molecule has 1 heterocycles. The lowest BCUT2D eigenvalue weighted by Gasteiger charge is -1.96. The van der Waals surface area contributed by atoms with Gasteiger partial charge in [0.05, 0.1) is 15.5 Å². The summed E-state index contributed by atoms with van der Waals surface area (Å²) in [5.41, 5.74) is -0.0413. The number of hydrogen-bond acceptors (Lipinski definition) is 1. The number of benzene rings is 1. The number of halogens is 3. The Kier molecular flexibility index (Phi) is 1.73. The molecule has 0 bridgehead atoms. The molecule has 0 aliphatic carbocycles. The first-order valence-electron chi connectivity index (χ1n) is 3.35. The lowest BCUT2D eigenvalue weighted by Crippen LogP contribution is -1.99. The summed E-state index contributed by atoms with van der Waals surface area (Å²) in [5, 5.41) is 0. The van der Waals surface area contributed by atoms with Crippen molar-refractivity contribution < 1.29 is 8.78 Å². The lowest BCUT2D eigenvalue weighted by molar-refractivity contribution is 0.506. The molecule has 2 aromatic rings. The van der Waals surface area contributed by atoms with Crippen LogP contribution in [0.3, 0.4) is 0 Å². The maximum atomic E-state index is 12.9. The Morgan fingerprint density at radius 2 is 2.00 bits per heavy atom. The van der Waals surface area contributed by atoms with Crippen LogP contribution in [-0.4, -0.2) is 9.97 Å². The summed E-state index contributed by atoms with van der Waals surface area (Å²) < 4.78 is 25.6. The van der Waals surface area contributed by atoms with Crippen molar-refractivity contribution in [2.24, 2.45) is 0 Å². The van der Waals surface area contributed by atoms with Crippen LogP contribution in [0, 0.1) is 11.6 Å². The molecule has 68 valence electrons. The van der Waals surface area contributed by atoms with Crippen LogP contribution in [0.5, 0.6) is 0 Å². The predicted molar refractivity (Wildman–Crippen MR) is 46.5 cm³/mol. The second-order valence-corrected chi connectivity index (χ2v) is 3.28. The molecule has 0 fully saturated rings. The summed E-state index contributed by atoms with van der Waals surface area (Å²) in [4.78, 5) is 15.4. The van der Waals surface area contributed by atoms with Gasteiger partial charge >= 0.3 is 5.69 Å². The maximum absolute atomic E-state index is 12.9. The Balaban J connectivity index is 3.00. The predicted octanol–water partition coefficient (Wildman–Crippen LogP) is 1.90. The van der Waals surface area contributed by atoms with Gasteiger partial charge in [0.15, 0.2) is 11.6 Å². The molecule has 0 aliphatic heterocycles. The fraction of sp³-hybridized carbons (Fsp3) is 0. The van der Waals surface area contributed by atoms with Crippen LogP contribution in [0.1, 0.15) is 0 Å². The third-order valence-electron chi connectivity index (χ3n) is 1.65. The highest BCUT2D eigenvalue weighted by Crippen LogP contribution is 2.25. The van der Waals surface area contributed by atoms with Gasteiger partial charge in [0.25, 0.3) is 0 Å². The SMILES string of the molecule is O=c1[nH]c2cc(F)c(F)c(Br)c2[nH]1. The van der Waals surface area contributed by atoms with Gasteiger partial charge in [-0.1, -0.05) is 0 Å². The van der Waals surface area contributed by atoms with Crippen LogP contribution in [0.15, 0.2) is 15.3 Å². The molecule has 13 heavy (non-hydrogen) atoms. The van der Waals surface area contributed by atoms with E-state index in [1.54, 1.807) is 0 Å². The van der Waals surface area contributed by atoms with Crippen LogP contribution in [0.2, 0.25) is 0 Å². The molecule has 0 radical (unpaired) electrons. The standard InChI is InChI=1S/C7H3BrF2N2O/c8-4-5(10)2(9)1-3-6(4)12-7(13)11-3/h1H,(H2,11,12,13). The quantitative estimate of drug-likeness (QED) is 0.688.